The van der Waals surface area contributed by atoms with Crippen LogP contribution in [0.3, 0.4) is 0 Å². The molecule has 36 heavy (non-hydrogen) atoms. The van der Waals surface area contributed by atoms with Crippen LogP contribution >= 0.6 is 0 Å². The number of nitrogens with one attached hydrogen (secondary N) is 2. The molecular formula is C23H35N9O3S. The molecule has 2 saturated heterocycles. The van der Waals surface area contributed by atoms with Crippen molar-refractivity contribution in [3.8, 4) is 17.0 Å². The second-order valence-electron chi connectivity index (χ2n) is 10.0. The van der Waals surface area contributed by atoms with Gasteiger partial charge in [0, 0.05) is 37.4 Å². The van der Waals surface area contributed by atoms with E-state index in [1.807, 2.05) is 13.8 Å². The van der Waals surface area contributed by atoms with Crippen molar-refractivity contribution < 1.29 is 13.2 Å². The summed E-state index contributed by atoms with van der Waals surface area (Å²) in [5.41, 5.74) is 2.01. The summed E-state index contributed by atoms with van der Waals surface area (Å²) in [7, 11) is -3.27. The fourth-order valence-corrected chi connectivity index (χ4v) is 6.54. The van der Waals surface area contributed by atoms with Gasteiger partial charge in [0.1, 0.15) is 12.0 Å². The largest absolute Gasteiger partial charge is 0.485 e. The van der Waals surface area contributed by atoms with E-state index in [1.54, 1.807) is 27.5 Å². The highest BCUT2D eigenvalue weighted by Gasteiger charge is 2.33. The van der Waals surface area contributed by atoms with Gasteiger partial charge in [0.2, 0.25) is 21.6 Å². The Bertz CT molecular complexity index is 1270. The predicted octanol–water partition coefficient (Wildman–Crippen LogP) is 1.85. The highest BCUT2D eigenvalue weighted by Crippen LogP contribution is 2.32. The van der Waals surface area contributed by atoms with Crippen LogP contribution in [0.2, 0.25) is 0 Å². The van der Waals surface area contributed by atoms with Gasteiger partial charge in [0.25, 0.3) is 0 Å². The number of piperidine rings is 1. The highest BCUT2D eigenvalue weighted by molar-refractivity contribution is 7.89. The molecule has 3 aromatic rings. The Labute approximate surface area is 211 Å². The van der Waals surface area contributed by atoms with Gasteiger partial charge in [0.05, 0.1) is 18.1 Å². The number of H-pyrrole nitrogens is 1. The van der Waals surface area contributed by atoms with Gasteiger partial charge in [-0.25, -0.2) is 17.7 Å². The topological polar surface area (TPSA) is 134 Å². The highest BCUT2D eigenvalue weighted by atomic mass is 32.2. The summed E-state index contributed by atoms with van der Waals surface area (Å²) in [5.74, 6) is 1.31. The molecule has 13 heteroatoms. The van der Waals surface area contributed by atoms with Gasteiger partial charge in [-0.2, -0.15) is 14.6 Å². The number of likely N-dealkylation sites (tertiary alicyclic amines) is 1. The molecule has 2 aliphatic heterocycles. The van der Waals surface area contributed by atoms with Crippen LogP contribution in [0.25, 0.3) is 16.9 Å². The average Bonchev–Trinajstić information content (AvgIpc) is 3.61. The molecule has 2 atom stereocenters. The van der Waals surface area contributed by atoms with Gasteiger partial charge in [0.15, 0.2) is 5.75 Å². The molecule has 5 heterocycles. The summed E-state index contributed by atoms with van der Waals surface area (Å²) in [6, 6.07) is 0.0585. The van der Waals surface area contributed by atoms with Crippen molar-refractivity contribution in [2.45, 2.75) is 52.2 Å². The van der Waals surface area contributed by atoms with E-state index in [-0.39, 0.29) is 23.8 Å². The Morgan fingerprint density at radius 1 is 1.25 bits per heavy atom. The van der Waals surface area contributed by atoms with Crippen molar-refractivity contribution in [1.29, 1.82) is 0 Å². The average molecular weight is 518 g/mol. The van der Waals surface area contributed by atoms with Crippen LogP contribution in [-0.4, -0.2) is 98.0 Å². The number of aromatic nitrogens is 6. The number of hydrogen-bond donors (Lipinski definition) is 2. The lowest BCUT2D eigenvalue weighted by Gasteiger charge is -2.36. The first-order valence-corrected chi connectivity index (χ1v) is 14.3. The summed E-state index contributed by atoms with van der Waals surface area (Å²) in [6.07, 6.45) is 8.00. The summed E-state index contributed by atoms with van der Waals surface area (Å²) in [4.78, 5) is 11.5. The molecule has 2 N–H and O–H groups in total. The third kappa shape index (κ3) is 5.32. The van der Waals surface area contributed by atoms with Crippen LogP contribution in [0.15, 0.2) is 18.7 Å². The molecule has 2 aliphatic rings. The van der Waals surface area contributed by atoms with Gasteiger partial charge in [-0.3, -0.25) is 5.10 Å². The molecule has 12 nitrogen and oxygen atoms in total. The zero-order valence-electron chi connectivity index (χ0n) is 21.1. The van der Waals surface area contributed by atoms with Gasteiger partial charge in [-0.1, -0.05) is 6.92 Å². The smallest absolute Gasteiger partial charge is 0.243 e. The number of fused-ring (bicyclic) bond motifs is 1. The molecule has 5 rings (SSSR count). The van der Waals surface area contributed by atoms with Gasteiger partial charge in [-0.05, 0) is 52.1 Å². The molecular weight excluding hydrogens is 482 g/mol. The Morgan fingerprint density at radius 3 is 2.75 bits per heavy atom. The molecule has 0 bridgehead atoms. The lowest BCUT2D eigenvalue weighted by molar-refractivity contribution is 0.244. The third-order valence-electron chi connectivity index (χ3n) is 6.91. The summed E-state index contributed by atoms with van der Waals surface area (Å²) < 4.78 is 35.2. The van der Waals surface area contributed by atoms with Gasteiger partial charge < -0.3 is 15.0 Å². The summed E-state index contributed by atoms with van der Waals surface area (Å²) in [6.45, 7) is 9.59. The number of rotatable bonds is 9. The minimum Gasteiger partial charge on any atom is -0.485 e. The van der Waals surface area contributed by atoms with Crippen LogP contribution in [0.5, 0.6) is 5.75 Å². The van der Waals surface area contributed by atoms with Crippen molar-refractivity contribution in [2.75, 3.05) is 43.8 Å². The van der Waals surface area contributed by atoms with Gasteiger partial charge in [-0.15, -0.1) is 5.10 Å². The fraction of sp³-hybridized carbons (Fsp3) is 0.652. The maximum atomic E-state index is 12.9. The van der Waals surface area contributed by atoms with Crippen LogP contribution in [0.4, 0.5) is 5.95 Å². The predicted molar refractivity (Wildman–Crippen MR) is 136 cm³/mol. The molecule has 2 fully saturated rings. The number of nitrogens with zero attached hydrogens (tertiary/aromatic N) is 7. The third-order valence-corrected chi connectivity index (χ3v) is 8.73. The van der Waals surface area contributed by atoms with Crippen LogP contribution in [-0.2, 0) is 10.0 Å². The van der Waals surface area contributed by atoms with Crippen molar-refractivity contribution >= 4 is 21.6 Å². The van der Waals surface area contributed by atoms with Crippen molar-refractivity contribution in [2.24, 2.45) is 5.92 Å². The SMILES string of the molecule is CC(C)Oc1c(-c2cn[nH]c2)ncn2nc(N[C@H]3CCN(S(=O)(=O)CCN4CCCC4)C[C@H]3C)nc12. The maximum absolute atomic E-state index is 12.9. The standard InChI is InChI=1S/C23H35N9O3S/c1-16(2)35-21-20(18-12-25-26-13-18)24-15-32-22(21)28-23(29-32)27-19-6-9-31(14-17(19)3)36(33,34)11-10-30-7-4-5-8-30/h12-13,15-17,19H,4-11,14H2,1-3H3,(H,25,26)(H,27,29)/t17-,19+/m1/s1. The molecule has 0 aromatic carbocycles. The van der Waals surface area contributed by atoms with Gasteiger partial charge >= 0.3 is 0 Å². The Hall–Kier alpha value is -2.77. The van der Waals surface area contributed by atoms with Crippen molar-refractivity contribution in [1.82, 2.24) is 39.0 Å². The van der Waals surface area contributed by atoms with E-state index in [0.717, 1.165) is 31.5 Å². The number of ether oxygens (including phenoxy) is 1. The lowest BCUT2D eigenvalue weighted by Crippen LogP contribution is -2.49. The quantitative estimate of drug-likeness (QED) is 0.436. The number of hydrogen-bond acceptors (Lipinski definition) is 9. The summed E-state index contributed by atoms with van der Waals surface area (Å²) in [5, 5.41) is 14.8. The lowest BCUT2D eigenvalue weighted by atomic mass is 9.95. The zero-order valence-corrected chi connectivity index (χ0v) is 21.9. The van der Waals surface area contributed by atoms with E-state index < -0.39 is 10.0 Å². The Kier molecular flexibility index (Phi) is 7.13. The normalized spacial score (nSPS) is 22.0. The van der Waals surface area contributed by atoms with E-state index in [2.05, 4.69) is 37.4 Å². The Morgan fingerprint density at radius 2 is 2.06 bits per heavy atom. The second kappa shape index (κ2) is 10.3. The molecule has 0 amide bonds. The first kappa shape index (κ1) is 24.9. The van der Waals surface area contributed by atoms with E-state index in [4.69, 9.17) is 9.72 Å². The van der Waals surface area contributed by atoms with Crippen LogP contribution in [0, 0.1) is 5.92 Å². The second-order valence-corrected chi connectivity index (χ2v) is 12.1. The Balaban J connectivity index is 1.28. The first-order chi connectivity index (χ1) is 17.3. The molecule has 0 spiro atoms. The number of aromatic amines is 1. The van der Waals surface area contributed by atoms with E-state index in [0.29, 0.717) is 49.1 Å². The fourth-order valence-electron chi connectivity index (χ4n) is 4.95. The molecule has 196 valence electrons. The van der Waals surface area contributed by atoms with E-state index in [9.17, 15) is 8.42 Å². The van der Waals surface area contributed by atoms with Crippen LogP contribution in [0.1, 0.15) is 40.0 Å². The molecule has 0 saturated carbocycles. The van der Waals surface area contributed by atoms with Crippen LogP contribution < -0.4 is 10.1 Å². The first-order valence-electron chi connectivity index (χ1n) is 12.7. The minimum absolute atomic E-state index is 0.0585. The maximum Gasteiger partial charge on any atom is 0.243 e. The minimum atomic E-state index is -3.27. The molecule has 3 aromatic heterocycles. The number of sulfonamides is 1. The zero-order chi connectivity index (χ0) is 25.3. The van der Waals surface area contributed by atoms with Crippen molar-refractivity contribution in [3.05, 3.63) is 18.7 Å². The number of anilines is 1. The molecule has 0 aliphatic carbocycles. The molecule has 0 radical (unpaired) electrons. The van der Waals surface area contributed by atoms with Crippen molar-refractivity contribution in [3.63, 3.8) is 0 Å². The monoisotopic (exact) mass is 517 g/mol. The van der Waals surface area contributed by atoms with E-state index >= 15 is 0 Å². The summed E-state index contributed by atoms with van der Waals surface area (Å²) >= 11 is 0. The van der Waals surface area contributed by atoms with E-state index in [1.165, 1.54) is 0 Å². The molecule has 0 unspecified atom stereocenters.